The number of anilines is 1. The van der Waals surface area contributed by atoms with Crippen molar-refractivity contribution in [3.05, 3.63) is 53.9 Å². The maximum atomic E-state index is 13.3. The molecule has 0 spiro atoms. The summed E-state index contributed by atoms with van der Waals surface area (Å²) < 4.78 is 26.9. The molecule has 0 saturated carbocycles. The summed E-state index contributed by atoms with van der Waals surface area (Å²) in [6.07, 6.45) is 3.82. The first-order valence-electron chi connectivity index (χ1n) is 9.86. The van der Waals surface area contributed by atoms with Crippen molar-refractivity contribution in [2.24, 2.45) is 0 Å². The van der Waals surface area contributed by atoms with E-state index < -0.39 is 16.1 Å². The Morgan fingerprint density at radius 2 is 1.69 bits per heavy atom. The second-order valence-corrected chi connectivity index (χ2v) is 9.51. The zero-order valence-corrected chi connectivity index (χ0v) is 17.3. The van der Waals surface area contributed by atoms with Crippen LogP contribution in [0.3, 0.4) is 0 Å². The van der Waals surface area contributed by atoms with Crippen LogP contribution in [0.25, 0.3) is 0 Å². The van der Waals surface area contributed by atoms with Gasteiger partial charge in [-0.25, -0.2) is 18.4 Å². The van der Waals surface area contributed by atoms with Crippen molar-refractivity contribution in [2.75, 3.05) is 36.8 Å². The fraction of sp³-hybridized carbons (Fsp3) is 0.450. The Bertz CT molecular complexity index is 975. The predicted molar refractivity (Wildman–Crippen MR) is 110 cm³/mol. The van der Waals surface area contributed by atoms with Crippen molar-refractivity contribution in [1.29, 1.82) is 0 Å². The molecule has 1 atom stereocenters. The molecule has 2 aliphatic rings. The molecule has 154 valence electrons. The van der Waals surface area contributed by atoms with E-state index in [4.69, 9.17) is 0 Å². The first-order chi connectivity index (χ1) is 14.0. The summed E-state index contributed by atoms with van der Waals surface area (Å²) in [7, 11) is -3.50. The van der Waals surface area contributed by atoms with Gasteiger partial charge in [0, 0.05) is 45.1 Å². The number of carbonyl (C=O) groups excluding carboxylic acids is 1. The lowest BCUT2D eigenvalue weighted by Gasteiger charge is -2.40. The Hall–Kier alpha value is -2.52. The van der Waals surface area contributed by atoms with E-state index in [1.165, 1.54) is 4.31 Å². The van der Waals surface area contributed by atoms with Crippen LogP contribution in [0.15, 0.2) is 42.7 Å². The van der Waals surface area contributed by atoms with Crippen LogP contribution in [0.4, 0.5) is 5.95 Å². The Labute approximate surface area is 171 Å². The third-order valence-electron chi connectivity index (χ3n) is 5.64. The molecule has 8 nitrogen and oxygen atoms in total. The zero-order chi connectivity index (χ0) is 20.4. The molecule has 29 heavy (non-hydrogen) atoms. The SMILES string of the molecule is CCS(=O)(=O)N1Cc2ccccc2C[C@@H]1C(=O)N1CCN(c2ncccn2)CC1. The maximum absolute atomic E-state index is 13.3. The number of hydrogen-bond donors (Lipinski definition) is 0. The normalized spacial score (nSPS) is 20.4. The first-order valence-corrected chi connectivity index (χ1v) is 11.5. The highest BCUT2D eigenvalue weighted by Gasteiger charge is 2.40. The molecule has 1 aromatic carbocycles. The third kappa shape index (κ3) is 3.97. The van der Waals surface area contributed by atoms with Crippen LogP contribution >= 0.6 is 0 Å². The second-order valence-electron chi connectivity index (χ2n) is 7.30. The van der Waals surface area contributed by atoms with E-state index in [2.05, 4.69) is 9.97 Å². The van der Waals surface area contributed by atoms with Crippen LogP contribution in [-0.4, -0.2) is 71.5 Å². The van der Waals surface area contributed by atoms with Crippen LogP contribution in [0, 0.1) is 0 Å². The van der Waals surface area contributed by atoms with Crippen LogP contribution in [0.2, 0.25) is 0 Å². The van der Waals surface area contributed by atoms with Gasteiger partial charge in [-0.05, 0) is 30.5 Å². The molecule has 4 rings (SSSR count). The number of piperazine rings is 1. The summed E-state index contributed by atoms with van der Waals surface area (Å²) in [6, 6.07) is 8.84. The average Bonchev–Trinajstić information content (AvgIpc) is 2.78. The number of nitrogens with zero attached hydrogens (tertiary/aromatic N) is 5. The topological polar surface area (TPSA) is 86.7 Å². The van der Waals surface area contributed by atoms with Crippen molar-refractivity contribution in [2.45, 2.75) is 25.9 Å². The molecule has 3 heterocycles. The van der Waals surface area contributed by atoms with E-state index in [1.54, 1.807) is 30.3 Å². The molecule has 0 bridgehead atoms. The number of aromatic nitrogens is 2. The number of fused-ring (bicyclic) bond motifs is 1. The zero-order valence-electron chi connectivity index (χ0n) is 16.4. The molecule has 1 amide bonds. The van der Waals surface area contributed by atoms with Crippen LogP contribution < -0.4 is 4.90 Å². The lowest BCUT2D eigenvalue weighted by molar-refractivity contribution is -0.136. The lowest BCUT2D eigenvalue weighted by atomic mass is 9.95. The maximum Gasteiger partial charge on any atom is 0.241 e. The van der Waals surface area contributed by atoms with Gasteiger partial charge in [-0.1, -0.05) is 24.3 Å². The molecule has 1 saturated heterocycles. The molecule has 9 heteroatoms. The highest BCUT2D eigenvalue weighted by atomic mass is 32.2. The standard InChI is InChI=1S/C20H25N5O3S/c1-2-29(27,28)25-15-17-7-4-3-6-16(17)14-18(25)19(26)23-10-12-24(13-11-23)20-21-8-5-9-22-20/h3-9,18H,2,10-15H2,1H3/t18-/m1/s1. The number of sulfonamides is 1. The third-order valence-corrected chi connectivity index (χ3v) is 7.47. The van der Waals surface area contributed by atoms with Crippen LogP contribution in [0.1, 0.15) is 18.1 Å². The summed E-state index contributed by atoms with van der Waals surface area (Å²) >= 11 is 0. The van der Waals surface area contributed by atoms with Crippen molar-refractivity contribution < 1.29 is 13.2 Å². The van der Waals surface area contributed by atoms with Gasteiger partial charge in [-0.3, -0.25) is 4.79 Å². The van der Waals surface area contributed by atoms with Gasteiger partial charge in [0.1, 0.15) is 6.04 Å². The van der Waals surface area contributed by atoms with Gasteiger partial charge >= 0.3 is 0 Å². The predicted octanol–water partition coefficient (Wildman–Crippen LogP) is 0.902. The summed E-state index contributed by atoms with van der Waals surface area (Å²) in [5, 5.41) is 0. The van der Waals surface area contributed by atoms with Gasteiger partial charge in [0.05, 0.1) is 5.75 Å². The Kier molecular flexibility index (Phi) is 5.51. The molecule has 0 unspecified atom stereocenters. The number of benzene rings is 1. The fourth-order valence-corrected chi connectivity index (χ4v) is 5.18. The van der Waals surface area contributed by atoms with Gasteiger partial charge in [-0.2, -0.15) is 4.31 Å². The molecule has 0 radical (unpaired) electrons. The van der Waals surface area contributed by atoms with Gasteiger partial charge < -0.3 is 9.80 Å². The van der Waals surface area contributed by atoms with Crippen molar-refractivity contribution in [3.63, 3.8) is 0 Å². The van der Waals surface area contributed by atoms with E-state index in [-0.39, 0.29) is 18.2 Å². The van der Waals surface area contributed by atoms with Gasteiger partial charge in [0.2, 0.25) is 21.9 Å². The van der Waals surface area contributed by atoms with Gasteiger partial charge in [0.15, 0.2) is 0 Å². The fourth-order valence-electron chi connectivity index (χ4n) is 3.96. The molecular formula is C20H25N5O3S. The minimum absolute atomic E-state index is 0.0158. The largest absolute Gasteiger partial charge is 0.338 e. The van der Waals surface area contributed by atoms with Crippen LogP contribution in [0.5, 0.6) is 0 Å². The molecular weight excluding hydrogens is 390 g/mol. The van der Waals surface area contributed by atoms with Crippen molar-refractivity contribution in [1.82, 2.24) is 19.2 Å². The molecule has 2 aliphatic heterocycles. The van der Waals surface area contributed by atoms with E-state index in [1.807, 2.05) is 29.2 Å². The van der Waals surface area contributed by atoms with Gasteiger partial charge in [0.25, 0.3) is 0 Å². The summed E-state index contributed by atoms with van der Waals surface area (Å²) in [4.78, 5) is 25.7. The number of carbonyl (C=O) groups is 1. The molecule has 1 aromatic heterocycles. The van der Waals surface area contributed by atoms with Crippen LogP contribution in [-0.2, 0) is 27.8 Å². The summed E-state index contributed by atoms with van der Waals surface area (Å²) in [5.74, 6) is 0.518. The number of rotatable bonds is 4. The van der Waals surface area contributed by atoms with Crippen molar-refractivity contribution >= 4 is 21.9 Å². The van der Waals surface area contributed by atoms with E-state index in [0.29, 0.717) is 38.5 Å². The minimum atomic E-state index is -3.50. The number of hydrogen-bond acceptors (Lipinski definition) is 6. The smallest absolute Gasteiger partial charge is 0.241 e. The van der Waals surface area contributed by atoms with E-state index in [0.717, 1.165) is 11.1 Å². The lowest BCUT2D eigenvalue weighted by Crippen LogP contribution is -2.57. The highest BCUT2D eigenvalue weighted by molar-refractivity contribution is 7.89. The molecule has 1 fully saturated rings. The summed E-state index contributed by atoms with van der Waals surface area (Å²) in [6.45, 7) is 4.17. The number of amides is 1. The highest BCUT2D eigenvalue weighted by Crippen LogP contribution is 2.27. The Morgan fingerprint density at radius 3 is 2.34 bits per heavy atom. The Morgan fingerprint density at radius 1 is 1.03 bits per heavy atom. The van der Waals surface area contributed by atoms with E-state index >= 15 is 0 Å². The van der Waals surface area contributed by atoms with Gasteiger partial charge in [-0.15, -0.1) is 0 Å². The second kappa shape index (κ2) is 8.08. The quantitative estimate of drug-likeness (QED) is 0.738. The average molecular weight is 416 g/mol. The molecule has 0 N–H and O–H groups in total. The van der Waals surface area contributed by atoms with E-state index in [9.17, 15) is 13.2 Å². The first kappa shape index (κ1) is 19.8. The molecule has 2 aromatic rings. The van der Waals surface area contributed by atoms with Crippen molar-refractivity contribution in [3.8, 4) is 0 Å². The Balaban J connectivity index is 1.52. The monoisotopic (exact) mass is 415 g/mol. The summed E-state index contributed by atoms with van der Waals surface area (Å²) in [5.41, 5.74) is 2.02. The molecule has 0 aliphatic carbocycles. The minimum Gasteiger partial charge on any atom is -0.338 e.